The van der Waals surface area contributed by atoms with E-state index in [-0.39, 0.29) is 6.04 Å². The number of furan rings is 1. The van der Waals surface area contributed by atoms with Crippen LogP contribution in [0.15, 0.2) is 32.5 Å². The van der Waals surface area contributed by atoms with Crippen molar-refractivity contribution in [3.8, 4) is 0 Å². The Morgan fingerprint density at radius 2 is 2.14 bits per heavy atom. The number of halogens is 1. The van der Waals surface area contributed by atoms with Gasteiger partial charge in [0.05, 0.1) is 9.83 Å². The maximum Gasteiger partial charge on any atom is 0.126 e. The molecular formula is C10H10BrNOS. The van der Waals surface area contributed by atoms with Crippen molar-refractivity contribution in [1.82, 2.24) is 0 Å². The van der Waals surface area contributed by atoms with Gasteiger partial charge in [-0.3, -0.25) is 0 Å². The van der Waals surface area contributed by atoms with E-state index in [0.717, 1.165) is 20.2 Å². The summed E-state index contributed by atoms with van der Waals surface area (Å²) in [5.41, 5.74) is 6.04. The Morgan fingerprint density at radius 1 is 1.36 bits per heavy atom. The van der Waals surface area contributed by atoms with Crippen molar-refractivity contribution in [2.75, 3.05) is 0 Å². The summed E-state index contributed by atoms with van der Waals surface area (Å²) in [5, 5.41) is 0. The number of nitrogens with two attached hydrogens (primary N) is 1. The fraction of sp³-hybridized carbons (Fsp3) is 0.200. The highest BCUT2D eigenvalue weighted by molar-refractivity contribution is 9.11. The van der Waals surface area contributed by atoms with Crippen molar-refractivity contribution < 1.29 is 4.42 Å². The molecule has 2 nitrogen and oxygen atoms in total. The normalized spacial score (nSPS) is 13.1. The van der Waals surface area contributed by atoms with Crippen LogP contribution in [0.1, 0.15) is 22.4 Å². The summed E-state index contributed by atoms with van der Waals surface area (Å²) in [6.07, 6.45) is 0. The second-order valence-corrected chi connectivity index (χ2v) is 5.56. The fourth-order valence-electron chi connectivity index (χ4n) is 1.26. The maximum absolute atomic E-state index is 6.04. The van der Waals surface area contributed by atoms with Gasteiger partial charge in [-0.2, -0.15) is 0 Å². The largest absolute Gasteiger partial charge is 0.464 e. The fourth-order valence-corrected chi connectivity index (χ4v) is 2.69. The van der Waals surface area contributed by atoms with Gasteiger partial charge in [-0.15, -0.1) is 11.3 Å². The average molecular weight is 272 g/mol. The van der Waals surface area contributed by atoms with E-state index in [1.807, 2.05) is 31.2 Å². The van der Waals surface area contributed by atoms with Crippen LogP contribution in [0, 0.1) is 6.92 Å². The van der Waals surface area contributed by atoms with Crippen molar-refractivity contribution >= 4 is 27.3 Å². The monoisotopic (exact) mass is 271 g/mol. The quantitative estimate of drug-likeness (QED) is 0.909. The predicted octanol–water partition coefficient (Wildman–Crippen LogP) is 3.46. The van der Waals surface area contributed by atoms with E-state index < -0.39 is 0 Å². The van der Waals surface area contributed by atoms with E-state index in [4.69, 9.17) is 10.2 Å². The molecule has 1 atom stereocenters. The first kappa shape index (κ1) is 9.96. The Morgan fingerprint density at radius 3 is 2.64 bits per heavy atom. The second kappa shape index (κ2) is 3.88. The molecule has 0 bridgehead atoms. The van der Waals surface area contributed by atoms with E-state index >= 15 is 0 Å². The molecule has 0 aliphatic heterocycles. The zero-order valence-electron chi connectivity index (χ0n) is 7.66. The summed E-state index contributed by atoms with van der Waals surface area (Å²) >= 11 is 5.04. The summed E-state index contributed by atoms with van der Waals surface area (Å²) in [7, 11) is 0. The summed E-state index contributed by atoms with van der Waals surface area (Å²) in [6.45, 7) is 1.92. The molecule has 0 saturated carbocycles. The van der Waals surface area contributed by atoms with Gasteiger partial charge in [0.15, 0.2) is 0 Å². The van der Waals surface area contributed by atoms with Crippen molar-refractivity contribution in [2.24, 2.45) is 5.73 Å². The molecule has 0 aromatic carbocycles. The van der Waals surface area contributed by atoms with Gasteiger partial charge in [-0.25, -0.2) is 0 Å². The SMILES string of the molecule is Cc1ccc(C(N)c2ccc(Br)s2)o1. The molecule has 0 radical (unpaired) electrons. The predicted molar refractivity (Wildman–Crippen MR) is 61.5 cm³/mol. The van der Waals surface area contributed by atoms with Gasteiger partial charge in [0.1, 0.15) is 11.5 Å². The molecule has 2 aromatic rings. The molecule has 2 N–H and O–H groups in total. The smallest absolute Gasteiger partial charge is 0.126 e. The van der Waals surface area contributed by atoms with Crippen molar-refractivity contribution in [3.63, 3.8) is 0 Å². The van der Waals surface area contributed by atoms with Crippen molar-refractivity contribution in [2.45, 2.75) is 13.0 Å². The topological polar surface area (TPSA) is 39.2 Å². The first-order valence-electron chi connectivity index (χ1n) is 4.24. The minimum Gasteiger partial charge on any atom is -0.464 e. The lowest BCUT2D eigenvalue weighted by atomic mass is 10.2. The Balaban J connectivity index is 2.28. The molecule has 14 heavy (non-hydrogen) atoms. The van der Waals surface area contributed by atoms with E-state index in [9.17, 15) is 0 Å². The lowest BCUT2D eigenvalue weighted by Crippen LogP contribution is -2.08. The highest BCUT2D eigenvalue weighted by Gasteiger charge is 2.14. The third kappa shape index (κ3) is 1.92. The second-order valence-electron chi connectivity index (χ2n) is 3.07. The molecule has 2 aromatic heterocycles. The standard InChI is InChI=1S/C10H10BrNOS/c1-6-2-3-7(13-6)10(12)8-4-5-9(11)14-8/h2-5,10H,12H2,1H3. The molecule has 0 spiro atoms. The highest BCUT2D eigenvalue weighted by atomic mass is 79.9. The highest BCUT2D eigenvalue weighted by Crippen LogP contribution is 2.30. The van der Waals surface area contributed by atoms with Gasteiger partial charge in [-0.1, -0.05) is 0 Å². The zero-order valence-corrected chi connectivity index (χ0v) is 10.1. The van der Waals surface area contributed by atoms with Crippen molar-refractivity contribution in [1.29, 1.82) is 0 Å². The van der Waals surface area contributed by atoms with Crippen LogP contribution in [0.3, 0.4) is 0 Å². The number of hydrogen-bond acceptors (Lipinski definition) is 3. The van der Waals surface area contributed by atoms with Crippen LogP contribution in [0.4, 0.5) is 0 Å². The van der Waals surface area contributed by atoms with Crippen LogP contribution in [0.2, 0.25) is 0 Å². The van der Waals surface area contributed by atoms with Crippen LogP contribution in [-0.2, 0) is 0 Å². The van der Waals surface area contributed by atoms with Crippen LogP contribution in [0.5, 0.6) is 0 Å². The summed E-state index contributed by atoms with van der Waals surface area (Å²) in [4.78, 5) is 1.10. The Kier molecular flexibility index (Phi) is 2.76. The third-order valence-corrected chi connectivity index (χ3v) is 3.67. The first-order valence-corrected chi connectivity index (χ1v) is 5.85. The summed E-state index contributed by atoms with van der Waals surface area (Å²) in [6, 6.07) is 7.71. The van der Waals surface area contributed by atoms with Gasteiger partial charge in [-0.05, 0) is 47.1 Å². The molecule has 0 aliphatic rings. The lowest BCUT2D eigenvalue weighted by molar-refractivity contribution is 0.468. The Bertz CT molecular complexity index is 395. The van der Waals surface area contributed by atoms with Gasteiger partial charge in [0.2, 0.25) is 0 Å². The van der Waals surface area contributed by atoms with Crippen LogP contribution in [-0.4, -0.2) is 0 Å². The summed E-state index contributed by atoms with van der Waals surface area (Å²) < 4.78 is 6.56. The van der Waals surface area contributed by atoms with Gasteiger partial charge in [0.25, 0.3) is 0 Å². The molecule has 74 valence electrons. The first-order chi connectivity index (χ1) is 6.66. The minimum absolute atomic E-state index is 0.153. The maximum atomic E-state index is 6.04. The minimum atomic E-state index is -0.153. The van der Waals surface area contributed by atoms with E-state index in [0.29, 0.717) is 0 Å². The number of thiophene rings is 1. The molecule has 0 aliphatic carbocycles. The van der Waals surface area contributed by atoms with Gasteiger partial charge >= 0.3 is 0 Å². The molecular weight excluding hydrogens is 262 g/mol. The number of hydrogen-bond donors (Lipinski definition) is 1. The molecule has 0 saturated heterocycles. The molecule has 4 heteroatoms. The molecule has 2 heterocycles. The zero-order chi connectivity index (χ0) is 10.1. The average Bonchev–Trinajstić information content (AvgIpc) is 2.73. The molecule has 0 fully saturated rings. The van der Waals surface area contributed by atoms with E-state index in [1.165, 1.54) is 0 Å². The van der Waals surface area contributed by atoms with Crippen LogP contribution >= 0.6 is 27.3 Å². The summed E-state index contributed by atoms with van der Waals surface area (Å²) in [5.74, 6) is 1.71. The van der Waals surface area contributed by atoms with Crippen LogP contribution in [0.25, 0.3) is 0 Å². The molecule has 0 amide bonds. The van der Waals surface area contributed by atoms with Gasteiger partial charge < -0.3 is 10.2 Å². The molecule has 1 unspecified atom stereocenters. The van der Waals surface area contributed by atoms with E-state index in [1.54, 1.807) is 11.3 Å². The van der Waals surface area contributed by atoms with Crippen LogP contribution < -0.4 is 5.73 Å². The Labute approximate surface area is 94.9 Å². The number of rotatable bonds is 2. The molecule has 2 rings (SSSR count). The number of aryl methyl sites for hydroxylation is 1. The van der Waals surface area contributed by atoms with Gasteiger partial charge in [0, 0.05) is 4.88 Å². The lowest BCUT2D eigenvalue weighted by Gasteiger charge is -2.04. The third-order valence-electron chi connectivity index (χ3n) is 1.97. The Hall–Kier alpha value is -0.580. The van der Waals surface area contributed by atoms with Crippen molar-refractivity contribution in [3.05, 3.63) is 44.4 Å². The van der Waals surface area contributed by atoms with E-state index in [2.05, 4.69) is 15.9 Å².